The van der Waals surface area contributed by atoms with Gasteiger partial charge in [-0.1, -0.05) is 18.6 Å². The molecule has 4 nitrogen and oxygen atoms in total. The Morgan fingerprint density at radius 3 is 2.42 bits per heavy atom. The highest BCUT2D eigenvalue weighted by Gasteiger charge is 2.42. The second-order valence-corrected chi connectivity index (χ2v) is 8.25. The van der Waals surface area contributed by atoms with Crippen LogP contribution in [0, 0.1) is 0 Å². The van der Waals surface area contributed by atoms with E-state index in [0.717, 1.165) is 63.7 Å². The smallest absolute Gasteiger partial charge is 0.213 e. The van der Waals surface area contributed by atoms with Gasteiger partial charge in [-0.15, -0.1) is 0 Å². The quantitative estimate of drug-likeness (QED) is 0.747. The molecule has 4 aliphatic rings. The Balaban J connectivity index is 1.26. The molecular formula is C22H30N2O2. The lowest BCUT2D eigenvalue weighted by Crippen LogP contribution is -2.54. The number of hydrogen-bond donors (Lipinski definition) is 0. The van der Waals surface area contributed by atoms with Crippen molar-refractivity contribution in [2.75, 3.05) is 31.1 Å². The topological polar surface area (TPSA) is 24.9 Å². The molecule has 3 aliphatic heterocycles. The third-order valence-electron chi connectivity index (χ3n) is 6.64. The van der Waals surface area contributed by atoms with Gasteiger partial charge in [0.05, 0.1) is 6.61 Å². The SMILES string of the molecule is C1=CCCN(c2ccc3c(c2)COC2(CCN(C4CCC4)CC2)O3)CC1. The van der Waals surface area contributed by atoms with Crippen LogP contribution in [0.1, 0.15) is 50.5 Å². The predicted octanol–water partition coefficient (Wildman–Crippen LogP) is 4.10. The van der Waals surface area contributed by atoms with Gasteiger partial charge in [-0.2, -0.15) is 0 Å². The average Bonchev–Trinajstić information content (AvgIpc) is 2.91. The molecule has 0 radical (unpaired) electrons. The van der Waals surface area contributed by atoms with Crippen molar-refractivity contribution in [1.82, 2.24) is 4.90 Å². The minimum Gasteiger partial charge on any atom is -0.462 e. The fraction of sp³-hybridized carbons (Fsp3) is 0.636. The van der Waals surface area contributed by atoms with Gasteiger partial charge in [-0.25, -0.2) is 0 Å². The van der Waals surface area contributed by atoms with Crippen molar-refractivity contribution in [1.29, 1.82) is 0 Å². The van der Waals surface area contributed by atoms with Gasteiger partial charge in [0.1, 0.15) is 5.75 Å². The molecule has 1 aromatic rings. The highest BCUT2D eigenvalue weighted by Crippen LogP contribution is 2.40. The van der Waals surface area contributed by atoms with Crippen LogP contribution in [0.25, 0.3) is 0 Å². The van der Waals surface area contributed by atoms with E-state index >= 15 is 0 Å². The highest BCUT2D eigenvalue weighted by molar-refractivity contribution is 5.54. The lowest BCUT2D eigenvalue weighted by atomic mass is 9.89. The van der Waals surface area contributed by atoms with Gasteiger partial charge >= 0.3 is 0 Å². The summed E-state index contributed by atoms with van der Waals surface area (Å²) >= 11 is 0. The Labute approximate surface area is 156 Å². The molecule has 0 atom stereocenters. The molecule has 2 fully saturated rings. The first-order valence-electron chi connectivity index (χ1n) is 10.4. The maximum Gasteiger partial charge on any atom is 0.213 e. The lowest BCUT2D eigenvalue weighted by Gasteiger charge is -2.47. The molecule has 1 saturated heterocycles. The summed E-state index contributed by atoms with van der Waals surface area (Å²) in [5.41, 5.74) is 2.50. The maximum absolute atomic E-state index is 6.43. The van der Waals surface area contributed by atoms with Crippen LogP contribution in [0.2, 0.25) is 0 Å². The Morgan fingerprint density at radius 1 is 0.962 bits per heavy atom. The van der Waals surface area contributed by atoms with Crippen LogP contribution in [-0.2, 0) is 11.3 Å². The van der Waals surface area contributed by atoms with E-state index in [2.05, 4.69) is 40.2 Å². The number of benzene rings is 1. The van der Waals surface area contributed by atoms with Crippen LogP contribution < -0.4 is 9.64 Å². The van der Waals surface area contributed by atoms with Crippen molar-refractivity contribution in [3.05, 3.63) is 35.9 Å². The van der Waals surface area contributed by atoms with Crippen LogP contribution in [0.4, 0.5) is 5.69 Å². The average molecular weight is 354 g/mol. The molecule has 1 aromatic carbocycles. The van der Waals surface area contributed by atoms with E-state index in [1.807, 2.05) is 0 Å². The van der Waals surface area contributed by atoms with Gasteiger partial charge in [0.15, 0.2) is 0 Å². The molecule has 0 unspecified atom stereocenters. The summed E-state index contributed by atoms with van der Waals surface area (Å²) < 4.78 is 12.7. The van der Waals surface area contributed by atoms with E-state index in [1.54, 1.807) is 0 Å². The normalized spacial score (nSPS) is 26.1. The number of anilines is 1. The standard InChI is InChI=1S/C22H30N2O2/c1-2-4-13-23(12-3-1)20-8-9-21-18(16-20)17-25-22(26-21)10-14-24(15-11-22)19-6-5-7-19/h1-2,8-9,16,19H,3-7,10-15,17H2. The van der Waals surface area contributed by atoms with Crippen molar-refractivity contribution >= 4 is 5.69 Å². The number of nitrogens with zero attached hydrogens (tertiary/aromatic N) is 2. The van der Waals surface area contributed by atoms with Crippen molar-refractivity contribution in [2.45, 2.75) is 63.4 Å². The van der Waals surface area contributed by atoms with E-state index in [4.69, 9.17) is 9.47 Å². The minimum absolute atomic E-state index is 0.388. The van der Waals surface area contributed by atoms with Gasteiger partial charge < -0.3 is 14.4 Å². The van der Waals surface area contributed by atoms with Crippen LogP contribution in [0.3, 0.4) is 0 Å². The fourth-order valence-electron chi connectivity index (χ4n) is 4.71. The van der Waals surface area contributed by atoms with Gasteiger partial charge in [-0.3, -0.25) is 4.90 Å². The molecule has 4 heteroatoms. The van der Waals surface area contributed by atoms with E-state index in [1.165, 1.54) is 30.5 Å². The zero-order valence-electron chi connectivity index (χ0n) is 15.7. The summed E-state index contributed by atoms with van der Waals surface area (Å²) in [7, 11) is 0. The first kappa shape index (κ1) is 16.6. The third-order valence-corrected chi connectivity index (χ3v) is 6.64. The molecule has 0 aromatic heterocycles. The van der Waals surface area contributed by atoms with Gasteiger partial charge in [-0.05, 0) is 43.9 Å². The van der Waals surface area contributed by atoms with E-state index < -0.39 is 0 Å². The Hall–Kier alpha value is -1.52. The summed E-state index contributed by atoms with van der Waals surface area (Å²) in [4.78, 5) is 5.12. The van der Waals surface area contributed by atoms with Crippen molar-refractivity contribution in [3.63, 3.8) is 0 Å². The van der Waals surface area contributed by atoms with E-state index in [0.29, 0.717) is 6.61 Å². The summed E-state index contributed by atoms with van der Waals surface area (Å²) in [5.74, 6) is 0.645. The highest BCUT2D eigenvalue weighted by atomic mass is 16.7. The zero-order chi connectivity index (χ0) is 17.4. The maximum atomic E-state index is 6.43. The Bertz CT molecular complexity index is 665. The number of rotatable bonds is 2. The van der Waals surface area contributed by atoms with Crippen molar-refractivity contribution < 1.29 is 9.47 Å². The first-order chi connectivity index (χ1) is 12.8. The second-order valence-electron chi connectivity index (χ2n) is 8.25. The molecule has 1 aliphatic carbocycles. The molecular weight excluding hydrogens is 324 g/mol. The van der Waals surface area contributed by atoms with Crippen LogP contribution in [-0.4, -0.2) is 42.9 Å². The largest absolute Gasteiger partial charge is 0.462 e. The molecule has 3 heterocycles. The summed E-state index contributed by atoms with van der Waals surface area (Å²) in [6.45, 7) is 5.09. The monoisotopic (exact) mass is 354 g/mol. The molecule has 140 valence electrons. The first-order valence-corrected chi connectivity index (χ1v) is 10.4. The number of likely N-dealkylation sites (tertiary alicyclic amines) is 1. The molecule has 26 heavy (non-hydrogen) atoms. The van der Waals surface area contributed by atoms with Crippen LogP contribution in [0.5, 0.6) is 5.75 Å². The number of ether oxygens (including phenoxy) is 2. The van der Waals surface area contributed by atoms with Gasteiger partial charge in [0.2, 0.25) is 5.79 Å². The van der Waals surface area contributed by atoms with Gasteiger partial charge in [0.25, 0.3) is 0 Å². The number of hydrogen-bond acceptors (Lipinski definition) is 4. The summed E-state index contributed by atoms with van der Waals surface area (Å²) in [6.07, 6.45) is 13.0. The Morgan fingerprint density at radius 2 is 1.73 bits per heavy atom. The number of fused-ring (bicyclic) bond motifs is 1. The summed E-state index contributed by atoms with van der Waals surface area (Å²) in [6, 6.07) is 7.50. The molecule has 0 amide bonds. The summed E-state index contributed by atoms with van der Waals surface area (Å²) in [5, 5.41) is 0. The predicted molar refractivity (Wildman–Crippen MR) is 104 cm³/mol. The number of piperidine rings is 1. The van der Waals surface area contributed by atoms with E-state index in [9.17, 15) is 0 Å². The molecule has 0 N–H and O–H groups in total. The molecule has 1 saturated carbocycles. The lowest BCUT2D eigenvalue weighted by molar-refractivity contribution is -0.231. The molecule has 0 bridgehead atoms. The van der Waals surface area contributed by atoms with Gasteiger partial charge in [0, 0.05) is 56.3 Å². The van der Waals surface area contributed by atoms with Crippen LogP contribution >= 0.6 is 0 Å². The van der Waals surface area contributed by atoms with Crippen LogP contribution in [0.15, 0.2) is 30.4 Å². The third kappa shape index (κ3) is 3.14. The minimum atomic E-state index is -0.388. The van der Waals surface area contributed by atoms with Crippen molar-refractivity contribution in [2.24, 2.45) is 0 Å². The fourth-order valence-corrected chi connectivity index (χ4v) is 4.71. The van der Waals surface area contributed by atoms with Crippen molar-refractivity contribution in [3.8, 4) is 5.75 Å². The Kier molecular flexibility index (Phi) is 4.41. The second kappa shape index (κ2) is 6.90. The zero-order valence-corrected chi connectivity index (χ0v) is 15.7. The molecule has 5 rings (SSSR count). The van der Waals surface area contributed by atoms with E-state index in [-0.39, 0.29) is 5.79 Å². The molecule has 1 spiro atoms.